The van der Waals surface area contributed by atoms with Crippen LogP contribution in [-0.2, 0) is 14.3 Å². The summed E-state index contributed by atoms with van der Waals surface area (Å²) in [6.07, 6.45) is -1.48. The van der Waals surface area contributed by atoms with Gasteiger partial charge in [-0.25, -0.2) is 9.59 Å². The van der Waals surface area contributed by atoms with Gasteiger partial charge in [-0.2, -0.15) is 0 Å². The Kier molecular flexibility index (Phi) is 4.57. The summed E-state index contributed by atoms with van der Waals surface area (Å²) in [6.45, 7) is 8.42. The molecule has 0 heterocycles. The Morgan fingerprint density at radius 1 is 1.12 bits per heavy atom. The number of carbonyl (C=O) groups is 3. The number of alkyl carbamates (subject to hydrolysis) is 1. The van der Waals surface area contributed by atoms with Crippen molar-refractivity contribution in [3.8, 4) is 0 Å². The second-order valence-electron chi connectivity index (χ2n) is 8.02. The quantitative estimate of drug-likeness (QED) is 0.585. The van der Waals surface area contributed by atoms with E-state index in [0.717, 1.165) is 0 Å². The molecular formula is C17H27NO7. The van der Waals surface area contributed by atoms with Gasteiger partial charge in [-0.05, 0) is 33.6 Å². The maximum atomic E-state index is 12.4. The molecule has 0 aromatic rings. The van der Waals surface area contributed by atoms with Crippen LogP contribution in [0.25, 0.3) is 0 Å². The highest BCUT2D eigenvalue weighted by Crippen LogP contribution is 2.71. The molecule has 2 rings (SSSR count). The summed E-state index contributed by atoms with van der Waals surface area (Å²) in [7, 11) is 0. The molecule has 142 valence electrons. The maximum Gasteiger partial charge on any atom is 0.408 e. The fourth-order valence-electron chi connectivity index (χ4n) is 4.84. The molecule has 1 amide bonds. The summed E-state index contributed by atoms with van der Waals surface area (Å²) < 4.78 is 5.21. The number of hydrogen-bond acceptors (Lipinski definition) is 5. The Morgan fingerprint density at radius 3 is 2.00 bits per heavy atom. The molecule has 0 aromatic heterocycles. The predicted octanol–water partition coefficient (Wildman–Crippen LogP) is 1.46. The highest BCUT2D eigenvalue weighted by molar-refractivity contribution is 5.90. The number of rotatable bonds is 5. The van der Waals surface area contributed by atoms with Crippen molar-refractivity contribution in [2.75, 3.05) is 0 Å². The van der Waals surface area contributed by atoms with Gasteiger partial charge in [0.25, 0.3) is 0 Å². The van der Waals surface area contributed by atoms with Crippen LogP contribution in [0.2, 0.25) is 0 Å². The first-order chi connectivity index (χ1) is 11.4. The van der Waals surface area contributed by atoms with E-state index in [0.29, 0.717) is 0 Å². The third kappa shape index (κ3) is 2.58. The number of aliphatic carboxylic acids is 2. The third-order valence-electron chi connectivity index (χ3n) is 5.87. The predicted molar refractivity (Wildman–Crippen MR) is 86.9 cm³/mol. The number of amides is 1. The zero-order valence-corrected chi connectivity index (χ0v) is 15.2. The van der Waals surface area contributed by atoms with Crippen LogP contribution in [0.5, 0.6) is 0 Å². The Hall–Kier alpha value is -1.83. The van der Waals surface area contributed by atoms with E-state index in [1.54, 1.807) is 34.6 Å². The fraction of sp³-hybridized carbons (Fsp3) is 0.824. The molecule has 2 saturated carbocycles. The molecule has 8 heteroatoms. The molecule has 8 nitrogen and oxygen atoms in total. The van der Waals surface area contributed by atoms with Crippen molar-refractivity contribution >= 4 is 18.0 Å². The number of carboxylic acid groups (broad SMARTS) is 2. The van der Waals surface area contributed by atoms with Crippen molar-refractivity contribution < 1.29 is 34.4 Å². The number of aliphatic hydroxyl groups excluding tert-OH is 1. The van der Waals surface area contributed by atoms with Crippen LogP contribution in [-0.4, -0.2) is 50.6 Å². The number of carbonyl (C=O) groups excluding carboxylic acids is 1. The van der Waals surface area contributed by atoms with E-state index in [1.807, 2.05) is 0 Å². The van der Waals surface area contributed by atoms with E-state index < -0.39 is 58.4 Å². The average molecular weight is 357 g/mol. The van der Waals surface area contributed by atoms with Gasteiger partial charge in [-0.3, -0.25) is 4.79 Å². The Morgan fingerprint density at radius 2 is 1.64 bits per heavy atom. The van der Waals surface area contributed by atoms with Crippen molar-refractivity contribution in [1.29, 1.82) is 0 Å². The molecule has 5 atom stereocenters. The number of ether oxygens (including phenoxy) is 1. The fourth-order valence-corrected chi connectivity index (χ4v) is 4.84. The lowest BCUT2D eigenvalue weighted by molar-refractivity contribution is -0.159. The van der Waals surface area contributed by atoms with Crippen molar-refractivity contribution in [3.63, 3.8) is 0 Å². The van der Waals surface area contributed by atoms with Crippen molar-refractivity contribution in [1.82, 2.24) is 5.32 Å². The lowest BCUT2D eigenvalue weighted by atomic mass is 9.63. The molecule has 0 bridgehead atoms. The van der Waals surface area contributed by atoms with E-state index >= 15 is 0 Å². The maximum absolute atomic E-state index is 12.4. The monoisotopic (exact) mass is 357 g/mol. The number of carboxylic acids is 2. The first-order valence-electron chi connectivity index (χ1n) is 8.55. The number of fused-ring (bicyclic) bond motifs is 1. The zero-order valence-electron chi connectivity index (χ0n) is 15.2. The molecule has 0 spiro atoms. The Balaban J connectivity index is 2.52. The molecule has 2 fully saturated rings. The molecule has 2 aliphatic carbocycles. The smallest absolute Gasteiger partial charge is 0.408 e. The van der Waals surface area contributed by atoms with Crippen LogP contribution in [0.3, 0.4) is 0 Å². The molecule has 4 N–H and O–H groups in total. The minimum Gasteiger partial charge on any atom is -0.481 e. The van der Waals surface area contributed by atoms with Crippen LogP contribution >= 0.6 is 0 Å². The lowest BCUT2D eigenvalue weighted by Crippen LogP contribution is -2.68. The Labute approximate surface area is 146 Å². The normalized spacial score (nSPS) is 35.6. The van der Waals surface area contributed by atoms with Crippen LogP contribution in [0.4, 0.5) is 4.79 Å². The SMILES string of the molecule is CCC1(CC)C(O)C2C(C(=O)O)C2C1(NC(=O)OC(C)(C)C)C(=O)O. The van der Waals surface area contributed by atoms with Gasteiger partial charge in [0.05, 0.1) is 12.0 Å². The zero-order chi connectivity index (χ0) is 19.4. The summed E-state index contributed by atoms with van der Waals surface area (Å²) in [5.74, 6) is -5.05. The van der Waals surface area contributed by atoms with Gasteiger partial charge in [0, 0.05) is 17.3 Å². The number of hydrogen-bond donors (Lipinski definition) is 4. The molecule has 0 aromatic carbocycles. The number of nitrogens with one attached hydrogen (secondary N) is 1. The lowest BCUT2D eigenvalue weighted by Gasteiger charge is -2.47. The van der Waals surface area contributed by atoms with E-state index in [1.165, 1.54) is 0 Å². The highest BCUT2D eigenvalue weighted by Gasteiger charge is 2.84. The standard InChI is InChI=1S/C17H27NO7/c1-6-16(7-2)11(19)8-9(12(20)21)10(8)17(16,13(22)23)18-14(24)25-15(3,4)5/h8-11,19H,6-7H2,1-5H3,(H,18,24)(H,20,21)(H,22,23). The first-order valence-corrected chi connectivity index (χ1v) is 8.55. The summed E-state index contributed by atoms with van der Waals surface area (Å²) in [5, 5.41) is 32.7. The minimum absolute atomic E-state index is 0.284. The molecular weight excluding hydrogens is 330 g/mol. The minimum atomic E-state index is -1.88. The molecule has 0 saturated heterocycles. The number of aliphatic hydroxyl groups is 1. The van der Waals surface area contributed by atoms with Gasteiger partial charge in [0.2, 0.25) is 0 Å². The van der Waals surface area contributed by atoms with Crippen LogP contribution in [0, 0.1) is 23.2 Å². The molecule has 5 unspecified atom stereocenters. The summed E-state index contributed by atoms with van der Waals surface area (Å²) >= 11 is 0. The molecule has 2 aliphatic rings. The second kappa shape index (κ2) is 5.86. The van der Waals surface area contributed by atoms with Crippen molar-refractivity contribution in [2.24, 2.45) is 23.2 Å². The highest BCUT2D eigenvalue weighted by atomic mass is 16.6. The molecule has 0 aliphatic heterocycles. The van der Waals surface area contributed by atoms with Gasteiger partial charge in [0.1, 0.15) is 5.60 Å². The molecule has 25 heavy (non-hydrogen) atoms. The van der Waals surface area contributed by atoms with Crippen LogP contribution in [0.15, 0.2) is 0 Å². The summed E-state index contributed by atoms with van der Waals surface area (Å²) in [4.78, 5) is 36.2. The third-order valence-corrected chi connectivity index (χ3v) is 5.87. The van der Waals surface area contributed by atoms with E-state index in [9.17, 15) is 29.7 Å². The van der Waals surface area contributed by atoms with Gasteiger partial charge in [-0.1, -0.05) is 13.8 Å². The average Bonchev–Trinajstić information content (AvgIpc) is 3.16. The van der Waals surface area contributed by atoms with Crippen LogP contribution in [0.1, 0.15) is 47.5 Å². The first kappa shape index (κ1) is 19.5. The topological polar surface area (TPSA) is 133 Å². The Bertz CT molecular complexity index is 592. The van der Waals surface area contributed by atoms with Gasteiger partial charge >= 0.3 is 18.0 Å². The van der Waals surface area contributed by atoms with Gasteiger partial charge < -0.3 is 25.4 Å². The van der Waals surface area contributed by atoms with Crippen molar-refractivity contribution in [2.45, 2.75) is 64.7 Å². The van der Waals surface area contributed by atoms with E-state index in [4.69, 9.17) is 4.74 Å². The second-order valence-corrected chi connectivity index (χ2v) is 8.02. The molecule has 0 radical (unpaired) electrons. The summed E-state index contributed by atoms with van der Waals surface area (Å²) in [5.41, 5.74) is -3.87. The van der Waals surface area contributed by atoms with Gasteiger partial charge in [-0.15, -0.1) is 0 Å². The largest absolute Gasteiger partial charge is 0.481 e. The summed E-state index contributed by atoms with van der Waals surface area (Å²) in [6, 6.07) is 0. The van der Waals surface area contributed by atoms with E-state index in [-0.39, 0.29) is 12.8 Å². The van der Waals surface area contributed by atoms with Crippen molar-refractivity contribution in [3.05, 3.63) is 0 Å². The van der Waals surface area contributed by atoms with Crippen LogP contribution < -0.4 is 5.32 Å². The van der Waals surface area contributed by atoms with E-state index in [2.05, 4.69) is 5.32 Å². The van der Waals surface area contributed by atoms with Gasteiger partial charge in [0.15, 0.2) is 5.54 Å².